The first-order valence-electron chi connectivity index (χ1n) is 13.1. The van der Waals surface area contributed by atoms with Crippen molar-refractivity contribution in [2.75, 3.05) is 19.7 Å². The molecule has 0 spiro atoms. The molecule has 3 aromatic rings. The van der Waals surface area contributed by atoms with Crippen molar-refractivity contribution in [3.05, 3.63) is 95.6 Å². The molecule has 5 rings (SSSR count). The van der Waals surface area contributed by atoms with Crippen LogP contribution in [0.5, 0.6) is 0 Å². The number of carboxylic acids is 1. The van der Waals surface area contributed by atoms with E-state index in [1.807, 2.05) is 54.6 Å². The molecule has 1 unspecified atom stereocenters. The molecule has 7 heteroatoms. The lowest BCUT2D eigenvalue weighted by Crippen LogP contribution is -2.43. The molecular weight excluding hydrogens is 480 g/mol. The highest BCUT2D eigenvalue weighted by molar-refractivity contribution is 5.84. The normalized spacial score (nSPS) is 14.7. The van der Waals surface area contributed by atoms with Crippen LogP contribution in [0.3, 0.4) is 0 Å². The topological polar surface area (TPSA) is 95.9 Å². The molecule has 1 atom stereocenters. The second-order valence-electron chi connectivity index (χ2n) is 10.2. The number of carbonyl (C=O) groups excluding carboxylic acids is 2. The number of ether oxygens (including phenoxy) is 1. The van der Waals surface area contributed by atoms with Gasteiger partial charge in [-0.2, -0.15) is 0 Å². The molecule has 0 heterocycles. The Balaban J connectivity index is 1.22. The van der Waals surface area contributed by atoms with Gasteiger partial charge in [0.1, 0.15) is 13.2 Å². The number of hydrogen-bond acceptors (Lipinski definition) is 4. The van der Waals surface area contributed by atoms with Gasteiger partial charge in [0.25, 0.3) is 0 Å². The molecule has 0 radical (unpaired) electrons. The molecular formula is C31H32N2O5. The van der Waals surface area contributed by atoms with Gasteiger partial charge in [0.15, 0.2) is 0 Å². The van der Waals surface area contributed by atoms with Gasteiger partial charge >= 0.3 is 12.1 Å². The van der Waals surface area contributed by atoms with Crippen molar-refractivity contribution in [2.24, 2.45) is 11.8 Å². The van der Waals surface area contributed by atoms with Gasteiger partial charge in [0.2, 0.25) is 5.91 Å². The van der Waals surface area contributed by atoms with Gasteiger partial charge in [-0.3, -0.25) is 9.59 Å². The Kier molecular flexibility index (Phi) is 7.73. The summed E-state index contributed by atoms with van der Waals surface area (Å²) >= 11 is 0. The summed E-state index contributed by atoms with van der Waals surface area (Å²) in [5, 5.41) is 12.2. The molecule has 0 saturated heterocycles. The van der Waals surface area contributed by atoms with Crippen molar-refractivity contribution in [1.82, 2.24) is 10.2 Å². The number of nitrogens with one attached hydrogen (secondary N) is 1. The number of carboxylic acid groups (broad SMARTS) is 1. The number of benzene rings is 3. The van der Waals surface area contributed by atoms with Crippen molar-refractivity contribution in [3.8, 4) is 11.1 Å². The van der Waals surface area contributed by atoms with Gasteiger partial charge in [-0.05, 0) is 40.2 Å². The van der Waals surface area contributed by atoms with E-state index in [2.05, 4.69) is 29.6 Å². The smallest absolute Gasteiger partial charge is 0.407 e. The molecule has 0 aliphatic heterocycles. The maximum atomic E-state index is 13.5. The summed E-state index contributed by atoms with van der Waals surface area (Å²) < 4.78 is 5.64. The molecule has 0 bridgehead atoms. The minimum absolute atomic E-state index is 0.0472. The number of carbonyl (C=O) groups is 3. The Morgan fingerprint density at radius 2 is 1.50 bits per heavy atom. The maximum absolute atomic E-state index is 13.5. The number of fused-ring (bicyclic) bond motifs is 3. The van der Waals surface area contributed by atoms with E-state index in [0.717, 1.165) is 40.7 Å². The number of alkyl carbamates (subject to hydrolysis) is 1. The van der Waals surface area contributed by atoms with Crippen LogP contribution in [-0.4, -0.2) is 47.7 Å². The minimum atomic E-state index is -1.07. The van der Waals surface area contributed by atoms with Gasteiger partial charge in [-0.1, -0.05) is 91.7 Å². The van der Waals surface area contributed by atoms with E-state index < -0.39 is 18.0 Å². The summed E-state index contributed by atoms with van der Waals surface area (Å²) in [7, 11) is 0. The van der Waals surface area contributed by atoms with Gasteiger partial charge in [0, 0.05) is 19.0 Å². The lowest BCUT2D eigenvalue weighted by molar-refractivity contribution is -0.147. The second-order valence-corrected chi connectivity index (χ2v) is 10.2. The van der Waals surface area contributed by atoms with Crippen LogP contribution in [-0.2, 0) is 20.9 Å². The Hall–Kier alpha value is -4.13. The average molecular weight is 513 g/mol. The summed E-state index contributed by atoms with van der Waals surface area (Å²) in [5.74, 6) is -1.46. The molecule has 2 N–H and O–H groups in total. The third kappa shape index (κ3) is 6.05. The highest BCUT2D eigenvalue weighted by Gasteiger charge is 2.33. The van der Waals surface area contributed by atoms with E-state index >= 15 is 0 Å². The van der Waals surface area contributed by atoms with Crippen molar-refractivity contribution in [2.45, 2.75) is 31.7 Å². The van der Waals surface area contributed by atoms with Gasteiger partial charge < -0.3 is 20.1 Å². The average Bonchev–Trinajstić information content (AvgIpc) is 3.70. The van der Waals surface area contributed by atoms with Crippen molar-refractivity contribution in [1.29, 1.82) is 0 Å². The standard InChI is InChI=1S/C31H32N2O5/c34-29(35)19-33(18-22-8-2-1-3-9-22)30(36)23(16-21-14-15-21)17-32-31(37)38-20-28-26-12-6-4-10-24(26)25-11-5-7-13-27(25)28/h1-13,21,23,28H,14-20H2,(H,32,37)(H,34,35). The van der Waals surface area contributed by atoms with Gasteiger partial charge in [-0.25, -0.2) is 4.79 Å². The zero-order chi connectivity index (χ0) is 26.5. The quantitative estimate of drug-likeness (QED) is 0.375. The first kappa shape index (κ1) is 25.5. The largest absolute Gasteiger partial charge is 0.480 e. The fourth-order valence-corrected chi connectivity index (χ4v) is 5.32. The van der Waals surface area contributed by atoms with E-state index in [4.69, 9.17) is 4.74 Å². The van der Waals surface area contributed by atoms with Gasteiger partial charge in [-0.15, -0.1) is 0 Å². The van der Waals surface area contributed by atoms with Crippen LogP contribution in [0.1, 0.15) is 41.9 Å². The zero-order valence-electron chi connectivity index (χ0n) is 21.2. The molecule has 2 aliphatic rings. The van der Waals surface area contributed by atoms with E-state index in [1.165, 1.54) is 4.90 Å². The fraction of sp³-hybridized carbons (Fsp3) is 0.323. The molecule has 0 aromatic heterocycles. The predicted molar refractivity (Wildman–Crippen MR) is 143 cm³/mol. The third-order valence-corrected chi connectivity index (χ3v) is 7.35. The number of rotatable bonds is 11. The number of hydrogen-bond donors (Lipinski definition) is 2. The SMILES string of the molecule is O=C(O)CN(Cc1ccccc1)C(=O)C(CNC(=O)OCC1c2ccccc2-c2ccccc21)CC1CC1. The van der Waals surface area contributed by atoms with E-state index in [1.54, 1.807) is 0 Å². The molecule has 2 aliphatic carbocycles. The first-order valence-corrected chi connectivity index (χ1v) is 13.1. The van der Waals surface area contributed by atoms with E-state index in [0.29, 0.717) is 12.3 Å². The lowest BCUT2D eigenvalue weighted by atomic mass is 9.98. The van der Waals surface area contributed by atoms with Crippen LogP contribution < -0.4 is 5.32 Å². The maximum Gasteiger partial charge on any atom is 0.407 e. The van der Waals surface area contributed by atoms with Gasteiger partial charge in [0.05, 0.1) is 5.92 Å². The second kappa shape index (κ2) is 11.5. The molecule has 38 heavy (non-hydrogen) atoms. The summed E-state index contributed by atoms with van der Waals surface area (Å²) in [6.07, 6.45) is 2.14. The predicted octanol–water partition coefficient (Wildman–Crippen LogP) is 5.05. The number of aliphatic carboxylic acids is 1. The fourth-order valence-electron chi connectivity index (χ4n) is 5.32. The molecule has 1 fully saturated rings. The molecule has 1 saturated carbocycles. The van der Waals surface area contributed by atoms with Crippen molar-refractivity contribution in [3.63, 3.8) is 0 Å². The molecule has 196 valence electrons. The highest BCUT2D eigenvalue weighted by Crippen LogP contribution is 2.44. The van der Waals surface area contributed by atoms with Crippen LogP contribution in [0.25, 0.3) is 11.1 Å². The van der Waals surface area contributed by atoms with Crippen LogP contribution >= 0.6 is 0 Å². The van der Waals surface area contributed by atoms with Crippen molar-refractivity contribution < 1.29 is 24.2 Å². The highest BCUT2D eigenvalue weighted by atomic mass is 16.5. The zero-order valence-corrected chi connectivity index (χ0v) is 21.2. The molecule has 7 nitrogen and oxygen atoms in total. The lowest BCUT2D eigenvalue weighted by Gasteiger charge is -2.26. The summed E-state index contributed by atoms with van der Waals surface area (Å²) in [6.45, 7) is 0.120. The summed E-state index contributed by atoms with van der Waals surface area (Å²) in [4.78, 5) is 39.1. The van der Waals surface area contributed by atoms with Crippen LogP contribution in [0, 0.1) is 11.8 Å². The monoisotopic (exact) mass is 512 g/mol. The van der Waals surface area contributed by atoms with Crippen LogP contribution in [0.2, 0.25) is 0 Å². The Labute approximate surface area is 222 Å². The Bertz CT molecular complexity index is 1260. The first-order chi connectivity index (χ1) is 18.5. The Morgan fingerprint density at radius 1 is 0.895 bits per heavy atom. The van der Waals surface area contributed by atoms with Crippen molar-refractivity contribution >= 4 is 18.0 Å². The Morgan fingerprint density at radius 3 is 2.11 bits per heavy atom. The minimum Gasteiger partial charge on any atom is -0.480 e. The third-order valence-electron chi connectivity index (χ3n) is 7.35. The van der Waals surface area contributed by atoms with Crippen LogP contribution in [0.15, 0.2) is 78.9 Å². The molecule has 2 amide bonds. The van der Waals surface area contributed by atoms with Crippen LogP contribution in [0.4, 0.5) is 4.79 Å². The van der Waals surface area contributed by atoms with E-state index in [9.17, 15) is 19.5 Å². The van der Waals surface area contributed by atoms with E-state index in [-0.39, 0.29) is 38.1 Å². The summed E-state index contributed by atoms with van der Waals surface area (Å²) in [5.41, 5.74) is 5.44. The number of amides is 2. The number of nitrogens with zero attached hydrogens (tertiary/aromatic N) is 1. The summed E-state index contributed by atoms with van der Waals surface area (Å²) in [6, 6.07) is 25.6. The molecule has 3 aromatic carbocycles.